The number of amides is 1. The lowest BCUT2D eigenvalue weighted by Gasteiger charge is -2.31. The van der Waals surface area contributed by atoms with Gasteiger partial charge < -0.3 is 14.4 Å². The maximum atomic E-state index is 13.3. The standard InChI is InChI=1S/C26H27FN2O4/c1-3-32-24-15-23(17-7-10-20(27)11-8-17)28-22-12-9-18(14-21(22)24)25(30)29-13-5-6-19(16-29)26(31)33-4-2/h7-12,14-15,19H,3-6,13,16H2,1-2H3. The van der Waals surface area contributed by atoms with Gasteiger partial charge in [-0.3, -0.25) is 9.59 Å². The van der Waals surface area contributed by atoms with Crippen LogP contribution in [0.4, 0.5) is 4.39 Å². The van der Waals surface area contributed by atoms with E-state index in [1.165, 1.54) is 12.1 Å². The summed E-state index contributed by atoms with van der Waals surface area (Å²) in [6.45, 7) is 5.42. The minimum absolute atomic E-state index is 0.129. The van der Waals surface area contributed by atoms with E-state index in [0.717, 1.165) is 23.8 Å². The van der Waals surface area contributed by atoms with Gasteiger partial charge in [0.1, 0.15) is 11.6 Å². The zero-order valence-corrected chi connectivity index (χ0v) is 18.8. The van der Waals surface area contributed by atoms with E-state index in [0.29, 0.717) is 48.8 Å². The average Bonchev–Trinajstić information content (AvgIpc) is 2.84. The van der Waals surface area contributed by atoms with Crippen LogP contribution in [0.5, 0.6) is 5.75 Å². The summed E-state index contributed by atoms with van der Waals surface area (Å²) in [5.41, 5.74) is 2.64. The van der Waals surface area contributed by atoms with Crippen molar-refractivity contribution >= 4 is 22.8 Å². The second-order valence-electron chi connectivity index (χ2n) is 8.02. The van der Waals surface area contributed by atoms with Crippen molar-refractivity contribution in [1.29, 1.82) is 0 Å². The van der Waals surface area contributed by atoms with Gasteiger partial charge >= 0.3 is 5.97 Å². The number of piperidine rings is 1. The number of nitrogens with zero attached hydrogens (tertiary/aromatic N) is 2. The molecule has 1 aromatic heterocycles. The summed E-state index contributed by atoms with van der Waals surface area (Å²) in [5.74, 6) is -0.363. The first-order chi connectivity index (χ1) is 16.0. The number of carbonyl (C=O) groups excluding carboxylic acids is 2. The van der Waals surface area contributed by atoms with E-state index in [1.54, 1.807) is 42.2 Å². The third-order valence-corrected chi connectivity index (χ3v) is 5.79. The number of hydrogen-bond donors (Lipinski definition) is 0. The van der Waals surface area contributed by atoms with Gasteiger partial charge in [-0.1, -0.05) is 0 Å². The van der Waals surface area contributed by atoms with Crippen LogP contribution in [-0.2, 0) is 9.53 Å². The van der Waals surface area contributed by atoms with E-state index in [4.69, 9.17) is 14.5 Å². The maximum absolute atomic E-state index is 13.3. The lowest BCUT2D eigenvalue weighted by atomic mass is 9.97. The molecule has 0 N–H and O–H groups in total. The molecule has 1 unspecified atom stereocenters. The highest BCUT2D eigenvalue weighted by molar-refractivity contribution is 6.00. The zero-order valence-electron chi connectivity index (χ0n) is 18.8. The Morgan fingerprint density at radius 2 is 1.88 bits per heavy atom. The van der Waals surface area contributed by atoms with Crippen LogP contribution in [0.15, 0.2) is 48.5 Å². The normalized spacial score (nSPS) is 16.0. The Morgan fingerprint density at radius 1 is 1.09 bits per heavy atom. The lowest BCUT2D eigenvalue weighted by Crippen LogP contribution is -2.42. The molecular weight excluding hydrogens is 423 g/mol. The predicted molar refractivity (Wildman–Crippen MR) is 124 cm³/mol. The van der Waals surface area contributed by atoms with Crippen LogP contribution in [0.3, 0.4) is 0 Å². The molecule has 2 heterocycles. The van der Waals surface area contributed by atoms with Gasteiger partial charge in [0, 0.05) is 35.7 Å². The van der Waals surface area contributed by atoms with Crippen LogP contribution in [0.25, 0.3) is 22.2 Å². The van der Waals surface area contributed by atoms with Gasteiger partial charge in [0.15, 0.2) is 0 Å². The number of pyridine rings is 1. The van der Waals surface area contributed by atoms with Crippen LogP contribution in [0, 0.1) is 11.7 Å². The van der Waals surface area contributed by atoms with Crippen molar-refractivity contribution in [3.63, 3.8) is 0 Å². The molecular formula is C26H27FN2O4. The molecule has 0 bridgehead atoms. The summed E-state index contributed by atoms with van der Waals surface area (Å²) >= 11 is 0. The fourth-order valence-corrected chi connectivity index (χ4v) is 4.17. The molecule has 3 aromatic rings. The molecule has 0 saturated carbocycles. The largest absolute Gasteiger partial charge is 0.493 e. The maximum Gasteiger partial charge on any atom is 0.310 e. The molecule has 6 nitrogen and oxygen atoms in total. The number of esters is 1. The van der Waals surface area contributed by atoms with Gasteiger partial charge in [-0.05, 0) is 69.2 Å². The summed E-state index contributed by atoms with van der Waals surface area (Å²) in [5, 5.41) is 0.729. The molecule has 1 aliphatic heterocycles. The predicted octanol–water partition coefficient (Wildman–Crippen LogP) is 4.85. The van der Waals surface area contributed by atoms with Gasteiger partial charge in [-0.2, -0.15) is 0 Å². The molecule has 1 atom stereocenters. The van der Waals surface area contributed by atoms with Crippen LogP contribution < -0.4 is 4.74 Å². The van der Waals surface area contributed by atoms with Crippen molar-refractivity contribution in [2.24, 2.45) is 5.92 Å². The van der Waals surface area contributed by atoms with E-state index in [-0.39, 0.29) is 23.6 Å². The Labute approximate surface area is 192 Å². The monoisotopic (exact) mass is 450 g/mol. The summed E-state index contributed by atoms with van der Waals surface area (Å²) in [4.78, 5) is 31.8. The minimum Gasteiger partial charge on any atom is -0.493 e. The third-order valence-electron chi connectivity index (χ3n) is 5.79. The number of halogens is 1. The third kappa shape index (κ3) is 4.97. The molecule has 0 aliphatic carbocycles. The highest BCUT2D eigenvalue weighted by atomic mass is 19.1. The number of ether oxygens (including phenoxy) is 2. The molecule has 172 valence electrons. The molecule has 1 aliphatic rings. The van der Waals surface area contributed by atoms with Gasteiger partial charge in [-0.15, -0.1) is 0 Å². The molecule has 33 heavy (non-hydrogen) atoms. The quantitative estimate of drug-likeness (QED) is 0.502. The second kappa shape index (κ2) is 9.98. The number of aromatic nitrogens is 1. The van der Waals surface area contributed by atoms with Crippen LogP contribution in [0.1, 0.15) is 37.0 Å². The van der Waals surface area contributed by atoms with E-state index in [2.05, 4.69) is 0 Å². The molecule has 7 heteroatoms. The van der Waals surface area contributed by atoms with Crippen molar-refractivity contribution in [2.45, 2.75) is 26.7 Å². The molecule has 0 spiro atoms. The van der Waals surface area contributed by atoms with Crippen molar-refractivity contribution in [2.75, 3.05) is 26.3 Å². The Hall–Kier alpha value is -3.48. The number of hydrogen-bond acceptors (Lipinski definition) is 5. The lowest BCUT2D eigenvalue weighted by molar-refractivity contribution is -0.149. The highest BCUT2D eigenvalue weighted by Crippen LogP contribution is 2.31. The summed E-state index contributed by atoms with van der Waals surface area (Å²) < 4.78 is 24.3. The molecule has 4 rings (SSSR count). The highest BCUT2D eigenvalue weighted by Gasteiger charge is 2.30. The smallest absolute Gasteiger partial charge is 0.310 e. The first-order valence-corrected chi connectivity index (χ1v) is 11.3. The molecule has 1 amide bonds. The SMILES string of the molecule is CCOC(=O)C1CCCN(C(=O)c2ccc3nc(-c4ccc(F)cc4)cc(OCC)c3c2)C1. The Morgan fingerprint density at radius 3 is 2.61 bits per heavy atom. The topological polar surface area (TPSA) is 68.7 Å². The molecule has 2 aromatic carbocycles. The number of benzene rings is 2. The van der Waals surface area contributed by atoms with Crippen molar-refractivity contribution < 1.29 is 23.5 Å². The summed E-state index contributed by atoms with van der Waals surface area (Å²) in [6.07, 6.45) is 1.49. The van der Waals surface area contributed by atoms with Gasteiger partial charge in [0.05, 0.1) is 30.3 Å². The number of fused-ring (bicyclic) bond motifs is 1. The van der Waals surface area contributed by atoms with Gasteiger partial charge in [-0.25, -0.2) is 9.37 Å². The minimum atomic E-state index is -0.310. The molecule has 1 saturated heterocycles. The summed E-state index contributed by atoms with van der Waals surface area (Å²) in [7, 11) is 0. The zero-order chi connectivity index (χ0) is 23.4. The average molecular weight is 451 g/mol. The van der Waals surface area contributed by atoms with Gasteiger partial charge in [0.25, 0.3) is 5.91 Å². The molecule has 1 fully saturated rings. The van der Waals surface area contributed by atoms with Crippen molar-refractivity contribution in [3.8, 4) is 17.0 Å². The van der Waals surface area contributed by atoms with Crippen LogP contribution in [0.2, 0.25) is 0 Å². The summed E-state index contributed by atoms with van der Waals surface area (Å²) in [6, 6.07) is 13.3. The van der Waals surface area contributed by atoms with E-state index in [9.17, 15) is 14.0 Å². The van der Waals surface area contributed by atoms with E-state index < -0.39 is 0 Å². The first-order valence-electron chi connectivity index (χ1n) is 11.3. The second-order valence-corrected chi connectivity index (χ2v) is 8.02. The Bertz CT molecular complexity index is 1160. The van der Waals surface area contributed by atoms with E-state index in [1.807, 2.05) is 13.0 Å². The number of carbonyl (C=O) groups is 2. The Kier molecular flexibility index (Phi) is 6.87. The van der Waals surface area contributed by atoms with Gasteiger partial charge in [0.2, 0.25) is 0 Å². The Balaban J connectivity index is 1.64. The van der Waals surface area contributed by atoms with Crippen molar-refractivity contribution in [1.82, 2.24) is 9.88 Å². The number of rotatable bonds is 6. The number of likely N-dealkylation sites (tertiary alicyclic amines) is 1. The molecule has 0 radical (unpaired) electrons. The van der Waals surface area contributed by atoms with Crippen LogP contribution >= 0.6 is 0 Å². The van der Waals surface area contributed by atoms with Crippen LogP contribution in [-0.4, -0.2) is 48.1 Å². The van der Waals surface area contributed by atoms with E-state index >= 15 is 0 Å². The fourth-order valence-electron chi connectivity index (χ4n) is 4.17. The van der Waals surface area contributed by atoms with Crippen molar-refractivity contribution in [3.05, 3.63) is 59.9 Å². The fraction of sp³-hybridized carbons (Fsp3) is 0.346. The first kappa shape index (κ1) is 22.7.